The largest absolute Gasteiger partial charge is 0.388 e. The number of nitrogens with one attached hydrogen (secondary N) is 5. The van der Waals surface area contributed by atoms with Crippen LogP contribution in [-0.4, -0.2) is 144 Å². The van der Waals surface area contributed by atoms with Crippen LogP contribution in [0.15, 0.2) is 0 Å². The van der Waals surface area contributed by atoms with Crippen molar-refractivity contribution in [3.05, 3.63) is 0 Å². The Labute approximate surface area is 245 Å². The molecule has 15 N–H and O–H groups in total. The molecule has 16 heteroatoms. The first-order chi connectivity index (χ1) is 19.9. The molecule has 5 aliphatic rings. The number of hydrogen-bond donors (Lipinski definition) is 12. The lowest BCUT2D eigenvalue weighted by Crippen LogP contribution is -2.69. The van der Waals surface area contributed by atoms with Crippen molar-refractivity contribution in [2.75, 3.05) is 26.7 Å². The molecule has 14 atom stereocenters. The van der Waals surface area contributed by atoms with Crippen molar-refractivity contribution in [1.29, 1.82) is 5.41 Å². The van der Waals surface area contributed by atoms with E-state index in [0.717, 1.165) is 12.8 Å². The molecule has 42 heavy (non-hydrogen) atoms. The highest BCUT2D eigenvalue weighted by molar-refractivity contribution is 5.80. The summed E-state index contributed by atoms with van der Waals surface area (Å²) in [5, 5.41) is 64.2. The predicted octanol–water partition coefficient (Wildman–Crippen LogP) is -4.96. The van der Waals surface area contributed by atoms with Crippen molar-refractivity contribution in [1.82, 2.24) is 21.3 Å². The summed E-state index contributed by atoms with van der Waals surface area (Å²) in [4.78, 5) is 0. The molecule has 8 unspecified atom stereocenters. The van der Waals surface area contributed by atoms with Gasteiger partial charge >= 0.3 is 0 Å². The fourth-order valence-corrected chi connectivity index (χ4v) is 6.52. The smallest absolute Gasteiger partial charge is 0.185 e. The maximum Gasteiger partial charge on any atom is 0.185 e. The van der Waals surface area contributed by atoms with Crippen LogP contribution in [0, 0.1) is 5.41 Å². The summed E-state index contributed by atoms with van der Waals surface area (Å²) < 4.78 is 24.4. The average molecular weight is 603 g/mol. The van der Waals surface area contributed by atoms with Crippen molar-refractivity contribution < 1.29 is 39.4 Å². The van der Waals surface area contributed by atoms with Crippen LogP contribution in [0.25, 0.3) is 0 Å². The molecular weight excluding hydrogens is 552 g/mol. The van der Waals surface area contributed by atoms with Crippen LogP contribution in [0.5, 0.6) is 0 Å². The van der Waals surface area contributed by atoms with Gasteiger partial charge in [0.1, 0.15) is 35.9 Å². The summed E-state index contributed by atoms with van der Waals surface area (Å²) in [7, 11) is 1.63. The molecule has 2 saturated carbocycles. The summed E-state index contributed by atoms with van der Waals surface area (Å²) in [6, 6.07) is -2.41. The van der Waals surface area contributed by atoms with E-state index in [1.165, 1.54) is 0 Å². The van der Waals surface area contributed by atoms with Gasteiger partial charge in [0.05, 0.1) is 49.1 Å². The van der Waals surface area contributed by atoms with Gasteiger partial charge in [0.2, 0.25) is 0 Å². The quantitative estimate of drug-likeness (QED) is 0.0599. The summed E-state index contributed by atoms with van der Waals surface area (Å²) in [6.45, 7) is 1.93. The zero-order chi connectivity index (χ0) is 30.4. The van der Waals surface area contributed by atoms with Crippen LogP contribution in [0.3, 0.4) is 0 Å². The second kappa shape index (κ2) is 12.7. The van der Waals surface area contributed by atoms with E-state index in [0.29, 0.717) is 25.8 Å². The molecule has 3 aliphatic heterocycles. The number of nitrogens with two attached hydrogens (primary N) is 3. The number of aliphatic hydroxyl groups excluding tert-OH is 2. The van der Waals surface area contributed by atoms with Crippen LogP contribution in [0.4, 0.5) is 0 Å². The number of aliphatic hydroxyl groups is 4. The molecule has 0 amide bonds. The Kier molecular flexibility index (Phi) is 9.79. The van der Waals surface area contributed by atoms with Gasteiger partial charge in [-0.3, -0.25) is 16.0 Å². The normalized spacial score (nSPS) is 48.5. The zero-order valence-corrected chi connectivity index (χ0v) is 24.3. The Morgan fingerprint density at radius 1 is 1.07 bits per heavy atom. The summed E-state index contributed by atoms with van der Waals surface area (Å²) in [6.07, 6.45) is -3.76. The number of likely N-dealkylation sites (N-methyl/N-ethyl adjacent to an activating group) is 1. The van der Waals surface area contributed by atoms with Gasteiger partial charge in [-0.2, -0.15) is 0 Å². The molecule has 16 nitrogen and oxygen atoms in total. The third-order valence-corrected chi connectivity index (χ3v) is 9.31. The first-order valence-electron chi connectivity index (χ1n) is 15.0. The van der Waals surface area contributed by atoms with Crippen LogP contribution >= 0.6 is 0 Å². The summed E-state index contributed by atoms with van der Waals surface area (Å²) in [5.74, 6) is 0.199. The average Bonchev–Trinajstić information content (AvgIpc) is 3.87. The van der Waals surface area contributed by atoms with E-state index in [1.807, 2.05) is 0 Å². The standard InChI is InChI=1S/C26H50N8O8/c1-25(37)10-39-24(17(36)20(25)31-2)42-19-14(33-22-21(34-22)26(38)5-6-26)7-13(29)18(16(19)35)41-23-12(28)4-3-11(40-23)9-32-15(30)8-27/h11-14,16-24,31,33-38H,3-10,27-29H2,1-2H3,(H2,30,32)/t11-,12?,13-,14+,16?,17?,18?,19?,20+,21?,22?,23+,24+,25?/m0/s1. The topological polar surface area (TPSA) is 278 Å². The molecule has 0 radical (unpaired) electrons. The van der Waals surface area contributed by atoms with Crippen LogP contribution < -0.4 is 38.5 Å². The SMILES string of the molecule is CN[C@@H]1C(O)[C@@H](OC2C(O)C(O[C@H]3O[C@H](CNC(=N)CN)CCC3N)[C@@H](N)C[C@H]2NC2NC2C2(O)CC2)OCC1(C)O. The summed E-state index contributed by atoms with van der Waals surface area (Å²) in [5.41, 5.74) is 16.4. The van der Waals surface area contributed by atoms with Gasteiger partial charge in [0.25, 0.3) is 0 Å². The molecule has 242 valence electrons. The van der Waals surface area contributed by atoms with E-state index in [2.05, 4.69) is 21.3 Å². The lowest BCUT2D eigenvalue weighted by Gasteiger charge is -2.49. The Hall–Kier alpha value is -1.09. The minimum Gasteiger partial charge on any atom is -0.388 e. The monoisotopic (exact) mass is 602 g/mol. The summed E-state index contributed by atoms with van der Waals surface area (Å²) >= 11 is 0. The van der Waals surface area contributed by atoms with E-state index < -0.39 is 72.4 Å². The van der Waals surface area contributed by atoms with E-state index in [-0.39, 0.29) is 37.3 Å². The molecule has 0 aromatic carbocycles. The van der Waals surface area contributed by atoms with Gasteiger partial charge < -0.3 is 67.2 Å². The number of amidine groups is 1. The van der Waals surface area contributed by atoms with Crippen LogP contribution in [0.2, 0.25) is 0 Å². The maximum atomic E-state index is 11.7. The Balaban J connectivity index is 1.29. The Morgan fingerprint density at radius 2 is 1.79 bits per heavy atom. The maximum absolute atomic E-state index is 11.7. The van der Waals surface area contributed by atoms with Gasteiger partial charge in [-0.05, 0) is 46.1 Å². The molecular formula is C26H50N8O8. The Morgan fingerprint density at radius 3 is 2.45 bits per heavy atom. The third-order valence-electron chi connectivity index (χ3n) is 9.31. The number of hydrogen-bond acceptors (Lipinski definition) is 15. The second-order valence-corrected chi connectivity index (χ2v) is 12.8. The zero-order valence-electron chi connectivity index (χ0n) is 24.3. The minimum absolute atomic E-state index is 0.0916. The van der Waals surface area contributed by atoms with Crippen molar-refractivity contribution >= 4 is 5.84 Å². The van der Waals surface area contributed by atoms with Gasteiger partial charge in [-0.25, -0.2) is 0 Å². The van der Waals surface area contributed by atoms with E-state index in [1.54, 1.807) is 14.0 Å². The van der Waals surface area contributed by atoms with Crippen molar-refractivity contribution in [2.45, 2.75) is 130 Å². The van der Waals surface area contributed by atoms with Crippen molar-refractivity contribution in [3.63, 3.8) is 0 Å². The van der Waals surface area contributed by atoms with Gasteiger partial charge in [-0.1, -0.05) is 0 Å². The number of rotatable bonds is 11. The fraction of sp³-hybridized carbons (Fsp3) is 0.962. The predicted molar refractivity (Wildman–Crippen MR) is 150 cm³/mol. The van der Waals surface area contributed by atoms with Crippen molar-refractivity contribution in [2.24, 2.45) is 17.2 Å². The minimum atomic E-state index is -1.34. The van der Waals surface area contributed by atoms with E-state index in [9.17, 15) is 20.4 Å². The molecule has 5 rings (SSSR count). The first kappa shape index (κ1) is 32.3. The van der Waals surface area contributed by atoms with Gasteiger partial charge in [-0.15, -0.1) is 0 Å². The highest BCUT2D eigenvalue weighted by Gasteiger charge is 2.60. The van der Waals surface area contributed by atoms with E-state index in [4.69, 9.17) is 41.6 Å². The van der Waals surface area contributed by atoms with Crippen molar-refractivity contribution in [3.8, 4) is 0 Å². The first-order valence-corrected chi connectivity index (χ1v) is 15.0. The second-order valence-electron chi connectivity index (χ2n) is 12.8. The Bertz CT molecular complexity index is 946. The van der Waals surface area contributed by atoms with Crippen LogP contribution in [0.1, 0.15) is 39.0 Å². The molecule has 0 aromatic rings. The van der Waals surface area contributed by atoms with Gasteiger partial charge in [0.15, 0.2) is 12.6 Å². The number of ether oxygens (including phenoxy) is 4. The van der Waals surface area contributed by atoms with Gasteiger partial charge in [0, 0.05) is 18.6 Å². The lowest BCUT2D eigenvalue weighted by atomic mass is 9.83. The molecule has 3 heterocycles. The molecule has 5 fully saturated rings. The molecule has 2 aliphatic carbocycles. The molecule has 3 saturated heterocycles. The molecule has 0 aromatic heterocycles. The third kappa shape index (κ3) is 6.92. The molecule has 0 bridgehead atoms. The highest BCUT2D eigenvalue weighted by atomic mass is 16.7. The fourth-order valence-electron chi connectivity index (χ4n) is 6.52. The highest BCUT2D eigenvalue weighted by Crippen LogP contribution is 2.44. The molecule has 0 spiro atoms. The van der Waals surface area contributed by atoms with Crippen LogP contribution in [-0.2, 0) is 18.9 Å². The lowest BCUT2D eigenvalue weighted by molar-refractivity contribution is -0.308. The van der Waals surface area contributed by atoms with E-state index >= 15 is 0 Å².